The summed E-state index contributed by atoms with van der Waals surface area (Å²) in [5, 5.41) is 19.1. The molecule has 2 aliphatic rings. The van der Waals surface area contributed by atoms with Crippen LogP contribution in [-0.4, -0.2) is 22.3 Å². The summed E-state index contributed by atoms with van der Waals surface area (Å²) in [6.45, 7) is 6.35. The molecular formula is C12H20O3. The fourth-order valence-electron chi connectivity index (χ4n) is 3.94. The van der Waals surface area contributed by atoms with Crippen LogP contribution >= 0.6 is 0 Å². The second-order valence-corrected chi connectivity index (χ2v) is 6.11. The van der Waals surface area contributed by atoms with E-state index in [0.717, 1.165) is 12.8 Å². The van der Waals surface area contributed by atoms with E-state index in [0.29, 0.717) is 6.42 Å². The van der Waals surface area contributed by atoms with Crippen molar-refractivity contribution in [3.8, 4) is 0 Å². The van der Waals surface area contributed by atoms with Gasteiger partial charge in [0.2, 0.25) is 0 Å². The average Bonchev–Trinajstić information content (AvgIpc) is 2.33. The Bertz CT molecular complexity index is 310. The van der Waals surface area contributed by atoms with Crippen LogP contribution in [0.4, 0.5) is 0 Å². The van der Waals surface area contributed by atoms with E-state index in [-0.39, 0.29) is 28.8 Å². The molecule has 0 amide bonds. The van der Waals surface area contributed by atoms with Gasteiger partial charge in [-0.2, -0.15) is 0 Å². The average molecular weight is 212 g/mol. The predicted octanol–water partition coefficient (Wildman–Crippen LogP) is 2.04. The molecule has 3 atom stereocenters. The van der Waals surface area contributed by atoms with Crippen molar-refractivity contribution in [1.29, 1.82) is 0 Å². The number of fused-ring (bicyclic) bond motifs is 2. The quantitative estimate of drug-likeness (QED) is 0.736. The summed E-state index contributed by atoms with van der Waals surface area (Å²) in [6, 6.07) is 0. The molecule has 0 saturated heterocycles. The molecule has 2 fully saturated rings. The molecule has 0 aromatic heterocycles. The Morgan fingerprint density at radius 3 is 2.27 bits per heavy atom. The standard InChI is InChI=1S/C12H20O3/c1-10(2)11(3)4-5-12(10,6-8(11)13)7-9(14)15/h8,13H,4-7H2,1-3H3,(H,14,15)/t8-,11-,12+/m0/s1. The van der Waals surface area contributed by atoms with Crippen LogP contribution in [0, 0.1) is 16.2 Å². The summed E-state index contributed by atoms with van der Waals surface area (Å²) in [7, 11) is 0. The molecular weight excluding hydrogens is 192 g/mol. The number of aliphatic carboxylic acids is 1. The minimum atomic E-state index is -0.735. The van der Waals surface area contributed by atoms with Gasteiger partial charge in [-0.05, 0) is 35.5 Å². The smallest absolute Gasteiger partial charge is 0.303 e. The van der Waals surface area contributed by atoms with E-state index in [1.54, 1.807) is 0 Å². The Morgan fingerprint density at radius 2 is 1.93 bits per heavy atom. The Kier molecular flexibility index (Phi) is 2.01. The van der Waals surface area contributed by atoms with Crippen LogP contribution in [-0.2, 0) is 4.79 Å². The molecule has 3 nitrogen and oxygen atoms in total. The van der Waals surface area contributed by atoms with Gasteiger partial charge in [-0.1, -0.05) is 20.8 Å². The Morgan fingerprint density at radius 1 is 1.33 bits per heavy atom. The molecule has 2 rings (SSSR count). The normalized spacial score (nSPS) is 47.1. The Labute approximate surface area is 90.5 Å². The summed E-state index contributed by atoms with van der Waals surface area (Å²) in [4.78, 5) is 11.0. The number of aliphatic hydroxyl groups is 1. The second-order valence-electron chi connectivity index (χ2n) is 6.11. The molecule has 0 unspecified atom stereocenters. The van der Waals surface area contributed by atoms with Crippen LogP contribution in [0.2, 0.25) is 0 Å². The maximum absolute atomic E-state index is 11.0. The highest BCUT2D eigenvalue weighted by atomic mass is 16.4. The van der Waals surface area contributed by atoms with E-state index in [1.807, 2.05) is 0 Å². The minimum Gasteiger partial charge on any atom is -0.481 e. The summed E-state index contributed by atoms with van der Waals surface area (Å²) in [5.41, 5.74) is -0.354. The van der Waals surface area contributed by atoms with Crippen LogP contribution in [0.15, 0.2) is 0 Å². The van der Waals surface area contributed by atoms with Crippen LogP contribution in [0.5, 0.6) is 0 Å². The number of hydrogen-bond donors (Lipinski definition) is 2. The van der Waals surface area contributed by atoms with Gasteiger partial charge in [0.05, 0.1) is 12.5 Å². The lowest BCUT2D eigenvalue weighted by atomic mass is 9.64. The number of hydrogen-bond acceptors (Lipinski definition) is 2. The van der Waals surface area contributed by atoms with Gasteiger partial charge in [0.15, 0.2) is 0 Å². The van der Waals surface area contributed by atoms with E-state index in [4.69, 9.17) is 5.11 Å². The Balaban J connectivity index is 2.40. The molecule has 0 aromatic rings. The zero-order valence-electron chi connectivity index (χ0n) is 9.71. The van der Waals surface area contributed by atoms with Crippen LogP contribution in [0.3, 0.4) is 0 Å². The third-order valence-electron chi connectivity index (χ3n) is 5.69. The van der Waals surface area contributed by atoms with E-state index in [1.165, 1.54) is 0 Å². The molecule has 86 valence electrons. The molecule has 0 aromatic carbocycles. The number of carboxylic acid groups (broad SMARTS) is 1. The van der Waals surface area contributed by atoms with Crippen molar-refractivity contribution in [3.05, 3.63) is 0 Å². The predicted molar refractivity (Wildman–Crippen MR) is 56.4 cm³/mol. The SMILES string of the molecule is CC1(C)[C@]2(CC(=O)O)CC[C@@]1(C)[C@@H](O)C2. The summed E-state index contributed by atoms with van der Waals surface area (Å²) in [6.07, 6.45) is 2.42. The largest absolute Gasteiger partial charge is 0.481 e. The van der Waals surface area contributed by atoms with Crippen molar-refractivity contribution >= 4 is 5.97 Å². The van der Waals surface area contributed by atoms with Crippen LogP contribution in [0.1, 0.15) is 46.5 Å². The molecule has 2 saturated carbocycles. The van der Waals surface area contributed by atoms with Gasteiger partial charge in [-0.15, -0.1) is 0 Å². The van der Waals surface area contributed by atoms with Gasteiger partial charge >= 0.3 is 5.97 Å². The van der Waals surface area contributed by atoms with E-state index in [9.17, 15) is 9.90 Å². The molecule has 15 heavy (non-hydrogen) atoms. The highest BCUT2D eigenvalue weighted by Crippen LogP contribution is 2.73. The maximum atomic E-state index is 11.0. The molecule has 2 N–H and O–H groups in total. The third-order valence-corrected chi connectivity index (χ3v) is 5.69. The lowest BCUT2D eigenvalue weighted by Gasteiger charge is -2.40. The molecule has 0 aliphatic heterocycles. The number of carboxylic acids is 1. The van der Waals surface area contributed by atoms with Crippen LogP contribution < -0.4 is 0 Å². The monoisotopic (exact) mass is 212 g/mol. The van der Waals surface area contributed by atoms with Crippen molar-refractivity contribution in [2.45, 2.75) is 52.6 Å². The highest BCUT2D eigenvalue weighted by molar-refractivity contribution is 5.68. The van der Waals surface area contributed by atoms with Gasteiger partial charge in [0, 0.05) is 0 Å². The lowest BCUT2D eigenvalue weighted by molar-refractivity contribution is -0.141. The fraction of sp³-hybridized carbons (Fsp3) is 0.917. The van der Waals surface area contributed by atoms with E-state index < -0.39 is 5.97 Å². The Hall–Kier alpha value is -0.570. The van der Waals surface area contributed by atoms with Gasteiger partial charge in [-0.25, -0.2) is 0 Å². The van der Waals surface area contributed by atoms with Crippen molar-refractivity contribution in [1.82, 2.24) is 0 Å². The van der Waals surface area contributed by atoms with Gasteiger partial charge in [-0.3, -0.25) is 4.79 Å². The molecule has 0 spiro atoms. The topological polar surface area (TPSA) is 57.5 Å². The summed E-state index contributed by atoms with van der Waals surface area (Å²) in [5.74, 6) is -0.735. The number of carbonyl (C=O) groups is 1. The minimum absolute atomic E-state index is 0.0716. The van der Waals surface area contributed by atoms with Gasteiger partial charge < -0.3 is 10.2 Å². The second kappa shape index (κ2) is 2.76. The highest BCUT2D eigenvalue weighted by Gasteiger charge is 2.69. The van der Waals surface area contributed by atoms with Crippen molar-refractivity contribution in [3.63, 3.8) is 0 Å². The fourth-order valence-corrected chi connectivity index (χ4v) is 3.94. The number of rotatable bonds is 2. The maximum Gasteiger partial charge on any atom is 0.303 e. The zero-order valence-corrected chi connectivity index (χ0v) is 9.71. The first-order valence-corrected chi connectivity index (χ1v) is 5.65. The van der Waals surface area contributed by atoms with Gasteiger partial charge in [0.25, 0.3) is 0 Å². The molecule has 2 aliphatic carbocycles. The lowest BCUT2D eigenvalue weighted by Crippen LogP contribution is -2.37. The first kappa shape index (κ1) is 10.9. The number of aliphatic hydroxyl groups excluding tert-OH is 1. The summed E-state index contributed by atoms with van der Waals surface area (Å²) >= 11 is 0. The van der Waals surface area contributed by atoms with E-state index in [2.05, 4.69) is 20.8 Å². The van der Waals surface area contributed by atoms with Crippen molar-refractivity contribution in [2.24, 2.45) is 16.2 Å². The molecule has 2 bridgehead atoms. The summed E-state index contributed by atoms with van der Waals surface area (Å²) < 4.78 is 0. The molecule has 0 heterocycles. The van der Waals surface area contributed by atoms with Crippen molar-refractivity contribution < 1.29 is 15.0 Å². The first-order valence-electron chi connectivity index (χ1n) is 5.65. The first-order chi connectivity index (χ1) is 6.75. The molecule has 3 heteroatoms. The molecule has 0 radical (unpaired) electrons. The van der Waals surface area contributed by atoms with E-state index >= 15 is 0 Å². The van der Waals surface area contributed by atoms with Gasteiger partial charge in [0.1, 0.15) is 0 Å². The zero-order chi connectivity index (χ0) is 11.5. The third kappa shape index (κ3) is 1.07. The van der Waals surface area contributed by atoms with Crippen LogP contribution in [0.25, 0.3) is 0 Å². The van der Waals surface area contributed by atoms with Crippen molar-refractivity contribution in [2.75, 3.05) is 0 Å².